The van der Waals surface area contributed by atoms with Crippen LogP contribution in [0.15, 0.2) is 24.3 Å². The molecule has 0 bridgehead atoms. The fraction of sp³-hybridized carbons (Fsp3) is 0.538. The van der Waals surface area contributed by atoms with Crippen molar-refractivity contribution in [1.82, 2.24) is 0 Å². The molecule has 1 unspecified atom stereocenters. The summed E-state index contributed by atoms with van der Waals surface area (Å²) < 4.78 is 26.4. The second kappa shape index (κ2) is 5.49. The summed E-state index contributed by atoms with van der Waals surface area (Å²) in [5.74, 6) is 0.498. The molecule has 0 saturated carbocycles. The highest BCUT2D eigenvalue weighted by Crippen LogP contribution is 2.32. The van der Waals surface area contributed by atoms with Crippen molar-refractivity contribution >= 4 is 27.3 Å². The van der Waals surface area contributed by atoms with Gasteiger partial charge in [0.2, 0.25) is 10.0 Å². The number of anilines is 1. The first-order valence-corrected chi connectivity index (χ1v) is 8.36. The van der Waals surface area contributed by atoms with E-state index in [0.717, 1.165) is 24.1 Å². The predicted molar refractivity (Wildman–Crippen MR) is 75.8 cm³/mol. The van der Waals surface area contributed by atoms with E-state index in [1.54, 1.807) is 4.31 Å². The van der Waals surface area contributed by atoms with E-state index in [-0.39, 0.29) is 11.8 Å². The largest absolute Gasteiger partial charge is 0.267 e. The molecule has 1 aromatic carbocycles. The first-order valence-electron chi connectivity index (χ1n) is 6.22. The highest BCUT2D eigenvalue weighted by Gasteiger charge is 2.31. The van der Waals surface area contributed by atoms with Gasteiger partial charge in [0.15, 0.2) is 0 Å². The maximum absolute atomic E-state index is 12.4. The third-order valence-corrected chi connectivity index (χ3v) is 5.52. The van der Waals surface area contributed by atoms with Gasteiger partial charge in [0.25, 0.3) is 0 Å². The lowest BCUT2D eigenvalue weighted by molar-refractivity contribution is 0.562. The van der Waals surface area contributed by atoms with Crippen molar-refractivity contribution in [3.63, 3.8) is 0 Å². The van der Waals surface area contributed by atoms with Crippen molar-refractivity contribution in [1.29, 1.82) is 0 Å². The number of fused-ring (bicyclic) bond motifs is 1. The summed E-state index contributed by atoms with van der Waals surface area (Å²) in [5, 5.41) is 0. The smallest absolute Gasteiger partial charge is 0.235 e. The number of hydrogen-bond acceptors (Lipinski definition) is 2. The number of para-hydroxylation sites is 1. The second-order valence-corrected chi connectivity index (χ2v) is 7.01. The fourth-order valence-corrected chi connectivity index (χ4v) is 4.55. The number of sulfonamides is 1. The Labute approximate surface area is 114 Å². The van der Waals surface area contributed by atoms with Gasteiger partial charge in [-0.2, -0.15) is 0 Å². The Balaban J connectivity index is 2.37. The maximum Gasteiger partial charge on any atom is 0.235 e. The minimum absolute atomic E-state index is 0.0280. The summed E-state index contributed by atoms with van der Waals surface area (Å²) in [6.45, 7) is 1.97. The third-order valence-electron chi connectivity index (χ3n) is 3.30. The Morgan fingerprint density at radius 2 is 2.11 bits per heavy atom. The molecular formula is C13H18ClNO2S. The van der Waals surface area contributed by atoms with Crippen LogP contribution in [0.25, 0.3) is 0 Å². The van der Waals surface area contributed by atoms with E-state index in [4.69, 9.17) is 11.6 Å². The molecule has 1 atom stereocenters. The number of hydrogen-bond donors (Lipinski definition) is 0. The summed E-state index contributed by atoms with van der Waals surface area (Å²) in [6.07, 6.45) is 2.31. The van der Waals surface area contributed by atoms with Crippen molar-refractivity contribution in [2.75, 3.05) is 15.9 Å². The lowest BCUT2D eigenvalue weighted by Gasteiger charge is -2.36. The number of aryl methyl sites for hydroxylation is 1. The van der Waals surface area contributed by atoms with Gasteiger partial charge in [-0.1, -0.05) is 18.2 Å². The second-order valence-electron chi connectivity index (χ2n) is 4.67. The standard InChI is InChI=1S/C13H18ClNO2S/c1-11-7-8-12-5-2-3-6-13(12)15(11)18(16,17)10-4-9-14/h2-3,5-6,11H,4,7-10H2,1H3. The Morgan fingerprint density at radius 1 is 1.39 bits per heavy atom. The predicted octanol–water partition coefficient (Wildman–Crippen LogP) is 2.79. The molecule has 1 aliphatic heterocycles. The monoisotopic (exact) mass is 287 g/mol. The van der Waals surface area contributed by atoms with E-state index in [0.29, 0.717) is 12.3 Å². The van der Waals surface area contributed by atoms with E-state index in [2.05, 4.69) is 0 Å². The minimum atomic E-state index is -3.26. The molecule has 3 nitrogen and oxygen atoms in total. The lowest BCUT2D eigenvalue weighted by atomic mass is 9.99. The maximum atomic E-state index is 12.4. The zero-order valence-corrected chi connectivity index (χ0v) is 12.0. The quantitative estimate of drug-likeness (QED) is 0.799. The van der Waals surface area contributed by atoms with Crippen LogP contribution in [0.3, 0.4) is 0 Å². The molecule has 0 fully saturated rings. The molecule has 1 aliphatic rings. The van der Waals surface area contributed by atoms with E-state index in [1.165, 1.54) is 0 Å². The molecule has 1 aromatic rings. The molecule has 100 valence electrons. The molecule has 0 aliphatic carbocycles. The molecule has 0 saturated heterocycles. The number of rotatable bonds is 4. The molecule has 0 amide bonds. The lowest BCUT2D eigenvalue weighted by Crippen LogP contribution is -2.43. The van der Waals surface area contributed by atoms with Crippen LogP contribution >= 0.6 is 11.6 Å². The van der Waals surface area contributed by atoms with Crippen LogP contribution in [-0.2, 0) is 16.4 Å². The molecule has 5 heteroatoms. The Bertz CT molecular complexity index is 515. The van der Waals surface area contributed by atoms with Crippen LogP contribution in [0.2, 0.25) is 0 Å². The number of benzene rings is 1. The summed E-state index contributed by atoms with van der Waals surface area (Å²) >= 11 is 5.60. The van der Waals surface area contributed by atoms with Gasteiger partial charge in [0.1, 0.15) is 0 Å². The van der Waals surface area contributed by atoms with Gasteiger partial charge in [-0.15, -0.1) is 11.6 Å². The van der Waals surface area contributed by atoms with Crippen LogP contribution in [0.4, 0.5) is 5.69 Å². The van der Waals surface area contributed by atoms with Gasteiger partial charge < -0.3 is 0 Å². The van der Waals surface area contributed by atoms with Crippen LogP contribution in [0.5, 0.6) is 0 Å². The van der Waals surface area contributed by atoms with Gasteiger partial charge in [-0.05, 0) is 37.8 Å². The molecule has 1 heterocycles. The summed E-state index contributed by atoms with van der Waals surface area (Å²) in [7, 11) is -3.26. The molecule has 0 spiro atoms. The average molecular weight is 288 g/mol. The van der Waals surface area contributed by atoms with Gasteiger partial charge in [0, 0.05) is 11.9 Å². The summed E-state index contributed by atoms with van der Waals surface area (Å²) in [5.41, 5.74) is 1.95. The molecular weight excluding hydrogens is 270 g/mol. The van der Waals surface area contributed by atoms with E-state index in [9.17, 15) is 8.42 Å². The van der Waals surface area contributed by atoms with Crippen LogP contribution in [0.1, 0.15) is 25.3 Å². The Morgan fingerprint density at radius 3 is 2.83 bits per heavy atom. The van der Waals surface area contributed by atoms with Crippen LogP contribution in [-0.4, -0.2) is 26.1 Å². The molecule has 18 heavy (non-hydrogen) atoms. The number of nitrogens with zero attached hydrogens (tertiary/aromatic N) is 1. The van der Waals surface area contributed by atoms with E-state index >= 15 is 0 Å². The van der Waals surface area contributed by atoms with Crippen molar-refractivity contribution in [2.24, 2.45) is 0 Å². The normalized spacial score (nSPS) is 19.7. The SMILES string of the molecule is CC1CCc2ccccc2N1S(=O)(=O)CCCCl. The van der Waals surface area contributed by atoms with Gasteiger partial charge in [-0.25, -0.2) is 8.42 Å². The van der Waals surface area contributed by atoms with Gasteiger partial charge >= 0.3 is 0 Å². The molecule has 0 radical (unpaired) electrons. The first-order chi connectivity index (χ1) is 8.56. The highest BCUT2D eigenvalue weighted by atomic mass is 35.5. The van der Waals surface area contributed by atoms with Gasteiger partial charge in [0.05, 0.1) is 11.4 Å². The van der Waals surface area contributed by atoms with Crippen LogP contribution < -0.4 is 4.31 Å². The van der Waals surface area contributed by atoms with Crippen molar-refractivity contribution in [2.45, 2.75) is 32.2 Å². The van der Waals surface area contributed by atoms with Gasteiger partial charge in [-0.3, -0.25) is 4.31 Å². The highest BCUT2D eigenvalue weighted by molar-refractivity contribution is 7.92. The van der Waals surface area contributed by atoms with E-state index < -0.39 is 10.0 Å². The van der Waals surface area contributed by atoms with E-state index in [1.807, 2.05) is 31.2 Å². The average Bonchev–Trinajstić information content (AvgIpc) is 2.36. The topological polar surface area (TPSA) is 37.4 Å². The van der Waals surface area contributed by atoms with Crippen LogP contribution in [0, 0.1) is 0 Å². The zero-order chi connectivity index (χ0) is 13.2. The number of alkyl halides is 1. The minimum Gasteiger partial charge on any atom is -0.267 e. The van der Waals surface area contributed by atoms with Crippen molar-refractivity contribution < 1.29 is 8.42 Å². The zero-order valence-electron chi connectivity index (χ0n) is 10.5. The Kier molecular flexibility index (Phi) is 4.17. The van der Waals surface area contributed by atoms with Crippen molar-refractivity contribution in [3.05, 3.63) is 29.8 Å². The summed E-state index contributed by atoms with van der Waals surface area (Å²) in [6, 6.07) is 7.77. The van der Waals surface area contributed by atoms with Crippen molar-refractivity contribution in [3.8, 4) is 0 Å². The first kappa shape index (κ1) is 13.7. The molecule has 2 rings (SSSR count). The third kappa shape index (κ3) is 2.64. The number of halogens is 1. The Hall–Kier alpha value is -0.740. The fourth-order valence-electron chi connectivity index (χ4n) is 2.42. The molecule has 0 aromatic heterocycles. The summed E-state index contributed by atoms with van der Waals surface area (Å²) in [4.78, 5) is 0. The molecule has 0 N–H and O–H groups in total.